The van der Waals surface area contributed by atoms with Crippen LogP contribution in [0.15, 0.2) is 35.9 Å². The number of carbonyl (C=O) groups excluding carboxylic acids is 2. The third kappa shape index (κ3) is 3.11. The van der Waals surface area contributed by atoms with Crippen molar-refractivity contribution in [3.05, 3.63) is 69.3 Å². The molecule has 0 aromatic heterocycles. The molecule has 0 spiro atoms. The molecule has 5 rings (SSSR count). The molecule has 0 aliphatic heterocycles. The maximum absolute atomic E-state index is 13.7. The summed E-state index contributed by atoms with van der Waals surface area (Å²) in [5.41, 5.74) is 5.97. The number of fused-ring (bicyclic) bond motifs is 3. The van der Waals surface area contributed by atoms with Crippen LogP contribution in [0.2, 0.25) is 0 Å². The van der Waals surface area contributed by atoms with Crippen LogP contribution in [0, 0.1) is 11.3 Å². The molecule has 4 heteroatoms. The first-order valence-electron chi connectivity index (χ1n) is 11.5. The Kier molecular flexibility index (Phi) is 4.82. The van der Waals surface area contributed by atoms with Gasteiger partial charge in [0.1, 0.15) is 5.75 Å². The smallest absolute Gasteiger partial charge is 0.193 e. The van der Waals surface area contributed by atoms with Gasteiger partial charge in [-0.2, -0.15) is 5.26 Å². The summed E-state index contributed by atoms with van der Waals surface area (Å²) < 4.78 is 6.36. The van der Waals surface area contributed by atoms with Crippen LogP contribution in [0.1, 0.15) is 95.8 Å². The SMILES string of the molecule is CC(=O)c1cc2c(cc1OC1CCCCC1)C(C)(C)C1=C(C2=O)c2ccc(C#N)cc2C1. The molecule has 2 aromatic carbocycles. The fourth-order valence-corrected chi connectivity index (χ4v) is 5.60. The average molecular weight is 426 g/mol. The number of rotatable bonds is 3. The Labute approximate surface area is 188 Å². The maximum Gasteiger partial charge on any atom is 0.193 e. The molecule has 3 aliphatic carbocycles. The average Bonchev–Trinajstić information content (AvgIpc) is 3.18. The van der Waals surface area contributed by atoms with Gasteiger partial charge in [0.25, 0.3) is 0 Å². The largest absolute Gasteiger partial charge is 0.490 e. The van der Waals surface area contributed by atoms with E-state index in [0.29, 0.717) is 28.9 Å². The molecule has 0 unspecified atom stereocenters. The van der Waals surface area contributed by atoms with Crippen molar-refractivity contribution in [2.75, 3.05) is 0 Å². The monoisotopic (exact) mass is 425 g/mol. The van der Waals surface area contributed by atoms with Crippen molar-refractivity contribution in [2.24, 2.45) is 0 Å². The number of hydrogen-bond donors (Lipinski definition) is 0. The van der Waals surface area contributed by atoms with Gasteiger partial charge in [-0.05, 0) is 85.6 Å². The molecule has 0 amide bonds. The third-order valence-corrected chi connectivity index (χ3v) is 7.42. The van der Waals surface area contributed by atoms with Crippen LogP contribution in [0.5, 0.6) is 5.75 Å². The van der Waals surface area contributed by atoms with Crippen molar-refractivity contribution in [3.8, 4) is 11.8 Å². The minimum atomic E-state index is -0.385. The zero-order valence-corrected chi connectivity index (χ0v) is 18.9. The Morgan fingerprint density at radius 2 is 1.84 bits per heavy atom. The first kappa shape index (κ1) is 20.7. The normalized spacial score (nSPS) is 19.1. The molecule has 2 aromatic rings. The van der Waals surface area contributed by atoms with Crippen LogP contribution in [0.25, 0.3) is 5.57 Å². The quantitative estimate of drug-likeness (QED) is 0.569. The Morgan fingerprint density at radius 1 is 1.09 bits per heavy atom. The van der Waals surface area contributed by atoms with Gasteiger partial charge in [0.2, 0.25) is 0 Å². The van der Waals surface area contributed by atoms with Crippen LogP contribution in [-0.2, 0) is 11.8 Å². The van der Waals surface area contributed by atoms with Crippen molar-refractivity contribution in [1.82, 2.24) is 0 Å². The van der Waals surface area contributed by atoms with E-state index in [4.69, 9.17) is 4.74 Å². The Hall–Kier alpha value is -3.19. The Morgan fingerprint density at radius 3 is 2.53 bits per heavy atom. The van der Waals surface area contributed by atoms with E-state index in [2.05, 4.69) is 19.9 Å². The molecule has 1 fully saturated rings. The summed E-state index contributed by atoms with van der Waals surface area (Å²) in [6, 6.07) is 11.5. The Bertz CT molecular complexity index is 1240. The lowest BCUT2D eigenvalue weighted by atomic mass is 9.68. The highest BCUT2D eigenvalue weighted by Crippen LogP contribution is 2.51. The summed E-state index contributed by atoms with van der Waals surface area (Å²) in [5, 5.41) is 9.30. The number of ether oxygens (including phenoxy) is 1. The number of ketones is 2. The standard InChI is InChI=1S/C28H27NO3/c1-16(30)21-13-22-23(14-25(21)32-19-7-5-4-6-8-19)28(2,3)24-12-18-11-17(15-29)9-10-20(18)26(24)27(22)31/h9-11,13-14,19H,4-8,12H2,1-3H3. The van der Waals surface area contributed by atoms with E-state index in [0.717, 1.165) is 53.5 Å². The van der Waals surface area contributed by atoms with Crippen LogP contribution in [0.3, 0.4) is 0 Å². The molecule has 0 bridgehead atoms. The summed E-state index contributed by atoms with van der Waals surface area (Å²) in [4.78, 5) is 26.2. The molecule has 0 saturated heterocycles. The van der Waals surface area contributed by atoms with Crippen molar-refractivity contribution in [3.63, 3.8) is 0 Å². The summed E-state index contributed by atoms with van der Waals surface area (Å²) in [6.07, 6.45) is 6.31. The number of benzene rings is 2. The van der Waals surface area contributed by atoms with Crippen LogP contribution >= 0.6 is 0 Å². The molecule has 0 atom stereocenters. The lowest BCUT2D eigenvalue weighted by Gasteiger charge is -2.35. The van der Waals surface area contributed by atoms with E-state index in [-0.39, 0.29) is 23.1 Å². The van der Waals surface area contributed by atoms with Crippen molar-refractivity contribution in [1.29, 1.82) is 5.26 Å². The van der Waals surface area contributed by atoms with Gasteiger partial charge in [-0.25, -0.2) is 0 Å². The number of nitrogens with zero attached hydrogens (tertiary/aromatic N) is 1. The van der Waals surface area contributed by atoms with E-state index >= 15 is 0 Å². The van der Waals surface area contributed by atoms with E-state index in [1.807, 2.05) is 18.2 Å². The van der Waals surface area contributed by atoms with Crippen molar-refractivity contribution < 1.29 is 14.3 Å². The van der Waals surface area contributed by atoms with Gasteiger partial charge < -0.3 is 4.74 Å². The van der Waals surface area contributed by atoms with Gasteiger partial charge in [-0.15, -0.1) is 0 Å². The van der Waals surface area contributed by atoms with Crippen LogP contribution in [-0.4, -0.2) is 17.7 Å². The summed E-state index contributed by atoms with van der Waals surface area (Å²) in [6.45, 7) is 5.82. The number of allylic oxidation sites excluding steroid dienone is 2. The topological polar surface area (TPSA) is 67.2 Å². The number of hydrogen-bond acceptors (Lipinski definition) is 4. The molecule has 32 heavy (non-hydrogen) atoms. The van der Waals surface area contributed by atoms with E-state index in [1.54, 1.807) is 12.1 Å². The molecule has 0 radical (unpaired) electrons. The fraction of sp³-hybridized carbons (Fsp3) is 0.393. The maximum atomic E-state index is 13.7. The van der Waals surface area contributed by atoms with E-state index in [1.165, 1.54) is 13.3 Å². The lowest BCUT2D eigenvalue weighted by molar-refractivity contribution is 0.100. The minimum Gasteiger partial charge on any atom is -0.490 e. The summed E-state index contributed by atoms with van der Waals surface area (Å²) in [5.74, 6) is 0.481. The predicted molar refractivity (Wildman–Crippen MR) is 123 cm³/mol. The zero-order valence-electron chi connectivity index (χ0n) is 18.9. The van der Waals surface area contributed by atoms with E-state index < -0.39 is 0 Å². The first-order valence-corrected chi connectivity index (χ1v) is 11.5. The first-order chi connectivity index (χ1) is 15.3. The lowest BCUT2D eigenvalue weighted by Crippen LogP contribution is -2.30. The van der Waals surface area contributed by atoms with Gasteiger partial charge in [-0.1, -0.05) is 26.3 Å². The van der Waals surface area contributed by atoms with Crippen LogP contribution in [0.4, 0.5) is 0 Å². The number of nitriles is 1. The molecule has 1 saturated carbocycles. The summed E-state index contributed by atoms with van der Waals surface area (Å²) in [7, 11) is 0. The molecular weight excluding hydrogens is 398 g/mol. The third-order valence-electron chi connectivity index (χ3n) is 7.42. The molecule has 4 nitrogen and oxygen atoms in total. The number of carbonyl (C=O) groups is 2. The van der Waals surface area contributed by atoms with Gasteiger partial charge in [0, 0.05) is 16.6 Å². The molecule has 0 heterocycles. The summed E-state index contributed by atoms with van der Waals surface area (Å²) >= 11 is 0. The van der Waals surface area contributed by atoms with Crippen molar-refractivity contribution >= 4 is 17.1 Å². The second-order valence-electron chi connectivity index (χ2n) is 9.80. The highest BCUT2D eigenvalue weighted by molar-refractivity contribution is 6.33. The highest BCUT2D eigenvalue weighted by Gasteiger charge is 2.43. The fourth-order valence-electron chi connectivity index (χ4n) is 5.60. The zero-order chi connectivity index (χ0) is 22.6. The Balaban J connectivity index is 1.63. The molecule has 162 valence electrons. The molecule has 0 N–H and O–H groups in total. The molecular formula is C28H27NO3. The van der Waals surface area contributed by atoms with Gasteiger partial charge in [-0.3, -0.25) is 9.59 Å². The van der Waals surface area contributed by atoms with Crippen LogP contribution < -0.4 is 4.74 Å². The van der Waals surface area contributed by atoms with Gasteiger partial charge >= 0.3 is 0 Å². The number of Topliss-reactive ketones (excluding diaryl/α,β-unsaturated/α-hetero) is 2. The second-order valence-corrected chi connectivity index (χ2v) is 9.80. The minimum absolute atomic E-state index is 0.0375. The van der Waals surface area contributed by atoms with Gasteiger partial charge in [0.15, 0.2) is 11.6 Å². The highest BCUT2D eigenvalue weighted by atomic mass is 16.5. The van der Waals surface area contributed by atoms with Crippen molar-refractivity contribution in [2.45, 2.75) is 70.8 Å². The van der Waals surface area contributed by atoms with E-state index in [9.17, 15) is 14.9 Å². The van der Waals surface area contributed by atoms with Gasteiger partial charge in [0.05, 0.1) is 23.3 Å². The molecule has 3 aliphatic rings. The predicted octanol–water partition coefficient (Wildman–Crippen LogP) is 5.96. The second kappa shape index (κ2) is 7.45.